The Kier molecular flexibility index (Phi) is 4.68. The third kappa shape index (κ3) is 3.33. The Morgan fingerprint density at radius 3 is 2.48 bits per heavy atom. The van der Waals surface area contributed by atoms with Gasteiger partial charge in [-0.05, 0) is 52.2 Å². The first-order chi connectivity index (χ1) is 11.6. The van der Waals surface area contributed by atoms with Crippen molar-refractivity contribution in [3.05, 3.63) is 29.6 Å². The molecule has 2 aliphatic rings. The Morgan fingerprint density at radius 1 is 1.28 bits per heavy atom. The summed E-state index contributed by atoms with van der Waals surface area (Å²) < 4.78 is 26.5. The summed E-state index contributed by atoms with van der Waals surface area (Å²) in [6.45, 7) is 11.8. The number of amides is 1. The van der Waals surface area contributed by atoms with E-state index in [-0.39, 0.29) is 17.5 Å². The number of benzene rings is 1. The number of carbonyl (C=O) groups is 1. The van der Waals surface area contributed by atoms with E-state index in [1.165, 1.54) is 12.1 Å². The van der Waals surface area contributed by atoms with Crippen LogP contribution in [0.3, 0.4) is 0 Å². The fourth-order valence-electron chi connectivity index (χ4n) is 3.13. The smallest absolute Gasteiger partial charge is 0.399 e. The van der Waals surface area contributed by atoms with Crippen LogP contribution < -0.4 is 10.8 Å². The Labute approximate surface area is 149 Å². The van der Waals surface area contributed by atoms with Gasteiger partial charge in [-0.25, -0.2) is 4.39 Å². The molecule has 0 aliphatic carbocycles. The summed E-state index contributed by atoms with van der Waals surface area (Å²) in [6.07, 6.45) is 0. The lowest BCUT2D eigenvalue weighted by atomic mass is 9.78. The first-order valence-corrected chi connectivity index (χ1v) is 8.79. The molecule has 0 radical (unpaired) electrons. The molecule has 2 heterocycles. The third-order valence-corrected chi connectivity index (χ3v) is 5.51. The first-order valence-electron chi connectivity index (χ1n) is 8.79. The second-order valence-electron chi connectivity index (χ2n) is 7.88. The number of hydrogen-bond acceptors (Lipinski definition) is 4. The summed E-state index contributed by atoms with van der Waals surface area (Å²) in [5.74, 6) is -0.810. The van der Waals surface area contributed by atoms with Crippen molar-refractivity contribution in [1.82, 2.24) is 10.2 Å². The van der Waals surface area contributed by atoms with Gasteiger partial charge in [0.05, 0.1) is 16.8 Å². The van der Waals surface area contributed by atoms with Gasteiger partial charge < -0.3 is 19.5 Å². The lowest BCUT2D eigenvalue weighted by Gasteiger charge is -2.34. The maximum atomic E-state index is 14.6. The van der Waals surface area contributed by atoms with E-state index >= 15 is 0 Å². The van der Waals surface area contributed by atoms with E-state index in [0.29, 0.717) is 12.0 Å². The second-order valence-corrected chi connectivity index (χ2v) is 7.88. The molecule has 7 heteroatoms. The van der Waals surface area contributed by atoms with Crippen LogP contribution in [0.1, 0.15) is 45.0 Å². The van der Waals surface area contributed by atoms with Crippen LogP contribution in [0.5, 0.6) is 0 Å². The zero-order valence-electron chi connectivity index (χ0n) is 15.6. The maximum Gasteiger partial charge on any atom is 0.494 e. The summed E-state index contributed by atoms with van der Waals surface area (Å²) in [5, 5.41) is 3.23. The summed E-state index contributed by atoms with van der Waals surface area (Å²) in [7, 11) is -0.637. The summed E-state index contributed by atoms with van der Waals surface area (Å²) in [5.41, 5.74) is -0.298. The molecule has 25 heavy (non-hydrogen) atoms. The van der Waals surface area contributed by atoms with E-state index < -0.39 is 24.1 Å². The number of rotatable bonds is 2. The van der Waals surface area contributed by atoms with Crippen molar-refractivity contribution in [2.24, 2.45) is 0 Å². The number of halogens is 1. The molecule has 0 bridgehead atoms. The molecule has 1 aromatic carbocycles. The molecule has 136 valence electrons. The lowest BCUT2D eigenvalue weighted by molar-refractivity contribution is 0.00578. The van der Waals surface area contributed by atoms with E-state index in [2.05, 4.69) is 5.32 Å². The highest BCUT2D eigenvalue weighted by atomic mass is 19.1. The molecule has 2 aliphatic heterocycles. The predicted octanol–water partition coefficient (Wildman–Crippen LogP) is 1.56. The molecule has 5 nitrogen and oxygen atoms in total. The third-order valence-electron chi connectivity index (χ3n) is 5.51. The molecule has 3 rings (SSSR count). The predicted molar refractivity (Wildman–Crippen MR) is 95.5 cm³/mol. The highest BCUT2D eigenvalue weighted by molar-refractivity contribution is 6.62. The monoisotopic (exact) mass is 348 g/mol. The van der Waals surface area contributed by atoms with Gasteiger partial charge in [-0.1, -0.05) is 6.07 Å². The van der Waals surface area contributed by atoms with Crippen molar-refractivity contribution in [3.63, 3.8) is 0 Å². The zero-order chi connectivity index (χ0) is 18.4. The second kappa shape index (κ2) is 6.38. The Bertz CT molecular complexity index is 664. The molecule has 1 aromatic rings. The van der Waals surface area contributed by atoms with Gasteiger partial charge in [-0.15, -0.1) is 0 Å². The lowest BCUT2D eigenvalue weighted by Crippen LogP contribution is -2.52. The Hall–Kier alpha value is -1.44. The molecule has 1 atom stereocenters. The summed E-state index contributed by atoms with van der Waals surface area (Å²) >= 11 is 0. The van der Waals surface area contributed by atoms with Gasteiger partial charge in [0.1, 0.15) is 5.82 Å². The fourth-order valence-corrected chi connectivity index (χ4v) is 3.13. The van der Waals surface area contributed by atoms with Crippen LogP contribution in [0.4, 0.5) is 4.39 Å². The largest absolute Gasteiger partial charge is 0.494 e. The Morgan fingerprint density at radius 2 is 1.92 bits per heavy atom. The number of nitrogens with one attached hydrogen (secondary N) is 1. The fraction of sp³-hybridized carbons (Fsp3) is 0.611. The van der Waals surface area contributed by atoms with Gasteiger partial charge in [-0.3, -0.25) is 4.79 Å². The van der Waals surface area contributed by atoms with E-state index in [9.17, 15) is 9.18 Å². The van der Waals surface area contributed by atoms with Crippen molar-refractivity contribution in [2.75, 3.05) is 19.6 Å². The SMILES string of the molecule is CC1CNCCN1C(=O)c1ccc(B2OC(C)(C)C(C)(C)O2)cc1F. The zero-order valence-corrected chi connectivity index (χ0v) is 15.6. The number of nitrogens with zero attached hydrogens (tertiary/aromatic N) is 1. The van der Waals surface area contributed by atoms with E-state index in [0.717, 1.165) is 13.1 Å². The van der Waals surface area contributed by atoms with Crippen LogP contribution in [-0.4, -0.2) is 54.8 Å². The van der Waals surface area contributed by atoms with Crippen LogP contribution in [0, 0.1) is 5.82 Å². The number of piperazine rings is 1. The van der Waals surface area contributed by atoms with Crippen molar-refractivity contribution >= 4 is 18.5 Å². The maximum absolute atomic E-state index is 14.6. The highest BCUT2D eigenvalue weighted by Crippen LogP contribution is 2.36. The standard InChI is InChI=1S/C18H26BFN2O3/c1-12-11-21-8-9-22(12)16(23)14-7-6-13(10-15(14)20)19-24-17(2,3)18(4,5)25-19/h6-7,10,12,21H,8-9,11H2,1-5H3. The minimum Gasteiger partial charge on any atom is -0.399 e. The average molecular weight is 348 g/mol. The number of hydrogen-bond donors (Lipinski definition) is 1. The summed E-state index contributed by atoms with van der Waals surface area (Å²) in [6, 6.07) is 4.64. The van der Waals surface area contributed by atoms with Crippen LogP contribution in [0.25, 0.3) is 0 Å². The minimum absolute atomic E-state index is 0.0448. The van der Waals surface area contributed by atoms with Crippen molar-refractivity contribution in [1.29, 1.82) is 0 Å². The molecular formula is C18H26BFN2O3. The van der Waals surface area contributed by atoms with Gasteiger partial charge in [0.25, 0.3) is 5.91 Å². The van der Waals surface area contributed by atoms with Gasteiger partial charge in [-0.2, -0.15) is 0 Å². The van der Waals surface area contributed by atoms with Gasteiger partial charge in [0.15, 0.2) is 0 Å². The van der Waals surface area contributed by atoms with Crippen molar-refractivity contribution < 1.29 is 18.5 Å². The molecule has 0 spiro atoms. The van der Waals surface area contributed by atoms with Crippen LogP contribution in [0.15, 0.2) is 18.2 Å². The topological polar surface area (TPSA) is 50.8 Å². The number of carbonyl (C=O) groups excluding carboxylic acids is 1. The molecule has 2 saturated heterocycles. The van der Waals surface area contributed by atoms with E-state index in [1.807, 2.05) is 34.6 Å². The van der Waals surface area contributed by atoms with Crippen molar-refractivity contribution in [2.45, 2.75) is 51.9 Å². The summed E-state index contributed by atoms with van der Waals surface area (Å²) in [4.78, 5) is 14.4. The molecule has 0 saturated carbocycles. The molecule has 1 N–H and O–H groups in total. The normalized spacial score (nSPS) is 25.3. The highest BCUT2D eigenvalue weighted by Gasteiger charge is 2.51. The van der Waals surface area contributed by atoms with Gasteiger partial charge in [0, 0.05) is 25.7 Å². The molecule has 1 amide bonds. The van der Waals surface area contributed by atoms with Gasteiger partial charge in [0.2, 0.25) is 0 Å². The molecule has 2 fully saturated rings. The van der Waals surface area contributed by atoms with Crippen LogP contribution in [-0.2, 0) is 9.31 Å². The first kappa shape index (κ1) is 18.4. The van der Waals surface area contributed by atoms with Gasteiger partial charge >= 0.3 is 7.12 Å². The molecule has 1 unspecified atom stereocenters. The van der Waals surface area contributed by atoms with E-state index in [1.54, 1.807) is 11.0 Å². The molecular weight excluding hydrogens is 322 g/mol. The van der Waals surface area contributed by atoms with Crippen molar-refractivity contribution in [3.8, 4) is 0 Å². The van der Waals surface area contributed by atoms with Crippen LogP contribution >= 0.6 is 0 Å². The van der Waals surface area contributed by atoms with E-state index in [4.69, 9.17) is 9.31 Å². The quantitative estimate of drug-likeness (QED) is 0.825. The Balaban J connectivity index is 1.81. The molecule has 0 aromatic heterocycles. The average Bonchev–Trinajstić information content (AvgIpc) is 2.75. The van der Waals surface area contributed by atoms with Crippen LogP contribution in [0.2, 0.25) is 0 Å². The minimum atomic E-state index is -0.637.